The molecular formula is C17H22N2O2. The number of amides is 1. The number of aryl methyl sites for hydroxylation is 2. The van der Waals surface area contributed by atoms with Crippen molar-refractivity contribution >= 4 is 22.5 Å². The highest BCUT2D eigenvalue weighted by molar-refractivity contribution is 5.97. The molecule has 0 bridgehead atoms. The average Bonchev–Trinajstić information content (AvgIpc) is 2.33. The molecule has 112 valence electrons. The van der Waals surface area contributed by atoms with E-state index in [0.717, 1.165) is 27.7 Å². The fourth-order valence-electron chi connectivity index (χ4n) is 2.50. The fraction of sp³-hybridized carbons (Fsp3) is 0.412. The minimum Gasteiger partial charge on any atom is -0.326 e. The third kappa shape index (κ3) is 3.51. The second-order valence-corrected chi connectivity index (χ2v) is 6.77. The fourth-order valence-corrected chi connectivity index (χ4v) is 2.50. The Morgan fingerprint density at radius 1 is 1.24 bits per heavy atom. The average molecular weight is 286 g/mol. The van der Waals surface area contributed by atoms with Crippen molar-refractivity contribution in [3.63, 3.8) is 0 Å². The first-order chi connectivity index (χ1) is 9.67. The lowest BCUT2D eigenvalue weighted by atomic mass is 9.92. The van der Waals surface area contributed by atoms with Gasteiger partial charge in [0.1, 0.15) is 0 Å². The number of hydrogen-bond donors (Lipinski definition) is 2. The summed E-state index contributed by atoms with van der Waals surface area (Å²) in [5.74, 6) is -0.00803. The van der Waals surface area contributed by atoms with Crippen molar-refractivity contribution in [1.29, 1.82) is 0 Å². The SMILES string of the molecule is Cc1cc2ccc(=O)[nH]c2c(C)c1NC(=O)CC(C)(C)C. The predicted molar refractivity (Wildman–Crippen MR) is 86.7 cm³/mol. The van der Waals surface area contributed by atoms with E-state index in [-0.39, 0.29) is 16.9 Å². The third-order valence-corrected chi connectivity index (χ3v) is 3.42. The molecule has 1 aromatic carbocycles. The summed E-state index contributed by atoms with van der Waals surface area (Å²) >= 11 is 0. The zero-order valence-corrected chi connectivity index (χ0v) is 13.3. The molecule has 0 spiro atoms. The number of aromatic nitrogens is 1. The molecule has 0 fully saturated rings. The summed E-state index contributed by atoms with van der Waals surface area (Å²) in [5, 5.41) is 3.96. The summed E-state index contributed by atoms with van der Waals surface area (Å²) < 4.78 is 0. The molecular weight excluding hydrogens is 264 g/mol. The maximum absolute atomic E-state index is 12.2. The van der Waals surface area contributed by atoms with Gasteiger partial charge in [-0.3, -0.25) is 9.59 Å². The Morgan fingerprint density at radius 3 is 2.52 bits per heavy atom. The van der Waals surface area contributed by atoms with Crippen LogP contribution >= 0.6 is 0 Å². The molecule has 21 heavy (non-hydrogen) atoms. The Labute approximate surface area is 124 Å². The molecule has 1 heterocycles. The van der Waals surface area contributed by atoms with Gasteiger partial charge in [0.2, 0.25) is 11.5 Å². The number of hydrogen-bond acceptors (Lipinski definition) is 2. The molecule has 0 aliphatic rings. The highest BCUT2D eigenvalue weighted by atomic mass is 16.1. The van der Waals surface area contributed by atoms with Crippen molar-refractivity contribution in [2.45, 2.75) is 41.0 Å². The lowest BCUT2D eigenvalue weighted by molar-refractivity contribution is -0.117. The molecule has 0 unspecified atom stereocenters. The van der Waals surface area contributed by atoms with Crippen LogP contribution in [0.2, 0.25) is 0 Å². The van der Waals surface area contributed by atoms with Crippen LogP contribution in [0.5, 0.6) is 0 Å². The number of anilines is 1. The van der Waals surface area contributed by atoms with Crippen molar-refractivity contribution in [1.82, 2.24) is 4.98 Å². The molecule has 4 nitrogen and oxygen atoms in total. The van der Waals surface area contributed by atoms with E-state index < -0.39 is 0 Å². The molecule has 2 aromatic rings. The largest absolute Gasteiger partial charge is 0.326 e. The number of carbonyl (C=O) groups excluding carboxylic acids is 1. The maximum atomic E-state index is 12.2. The van der Waals surface area contributed by atoms with Gasteiger partial charge in [-0.05, 0) is 47.9 Å². The van der Waals surface area contributed by atoms with E-state index in [0.29, 0.717) is 6.42 Å². The van der Waals surface area contributed by atoms with Gasteiger partial charge in [-0.25, -0.2) is 0 Å². The van der Waals surface area contributed by atoms with E-state index in [4.69, 9.17) is 0 Å². The first kappa shape index (κ1) is 15.3. The summed E-state index contributed by atoms with van der Waals surface area (Å²) in [5.41, 5.74) is 3.26. The summed E-state index contributed by atoms with van der Waals surface area (Å²) in [7, 11) is 0. The Hall–Kier alpha value is -2.10. The Kier molecular flexibility index (Phi) is 3.90. The second kappa shape index (κ2) is 5.35. The topological polar surface area (TPSA) is 62.0 Å². The van der Waals surface area contributed by atoms with Gasteiger partial charge in [0, 0.05) is 18.2 Å². The molecule has 2 N–H and O–H groups in total. The van der Waals surface area contributed by atoms with Crippen LogP contribution in [0.3, 0.4) is 0 Å². The lowest BCUT2D eigenvalue weighted by Crippen LogP contribution is -2.20. The molecule has 0 saturated carbocycles. The van der Waals surface area contributed by atoms with E-state index in [1.165, 1.54) is 6.07 Å². The third-order valence-electron chi connectivity index (χ3n) is 3.42. The number of benzene rings is 1. The normalized spacial score (nSPS) is 11.7. The van der Waals surface area contributed by atoms with Gasteiger partial charge in [-0.2, -0.15) is 0 Å². The number of fused-ring (bicyclic) bond motifs is 1. The lowest BCUT2D eigenvalue weighted by Gasteiger charge is -2.19. The standard InChI is InChI=1S/C17H22N2O2/c1-10-8-12-6-7-13(20)18-16(12)11(2)15(10)19-14(21)9-17(3,4)5/h6-8H,9H2,1-5H3,(H,18,20)(H,19,21). The summed E-state index contributed by atoms with van der Waals surface area (Å²) in [6, 6.07) is 5.29. The van der Waals surface area contributed by atoms with Gasteiger partial charge in [0.15, 0.2) is 0 Å². The van der Waals surface area contributed by atoms with Gasteiger partial charge in [0.05, 0.1) is 5.52 Å². The smallest absolute Gasteiger partial charge is 0.248 e. The summed E-state index contributed by atoms with van der Waals surface area (Å²) in [4.78, 5) is 26.5. The molecule has 1 amide bonds. The van der Waals surface area contributed by atoms with E-state index in [1.54, 1.807) is 6.07 Å². The molecule has 0 saturated heterocycles. The summed E-state index contributed by atoms with van der Waals surface area (Å²) in [6.45, 7) is 9.97. The molecule has 4 heteroatoms. The Balaban J connectivity index is 2.44. The zero-order chi connectivity index (χ0) is 15.8. The number of carbonyl (C=O) groups is 1. The van der Waals surface area contributed by atoms with Crippen LogP contribution in [0.4, 0.5) is 5.69 Å². The van der Waals surface area contributed by atoms with Crippen molar-refractivity contribution in [3.8, 4) is 0 Å². The van der Waals surface area contributed by atoms with Crippen molar-refractivity contribution in [2.75, 3.05) is 5.32 Å². The van der Waals surface area contributed by atoms with Gasteiger partial charge < -0.3 is 10.3 Å². The van der Waals surface area contributed by atoms with Gasteiger partial charge in [0.25, 0.3) is 0 Å². The minimum absolute atomic E-state index is 0.00803. The van der Waals surface area contributed by atoms with Crippen LogP contribution in [0, 0.1) is 19.3 Å². The van der Waals surface area contributed by atoms with E-state index >= 15 is 0 Å². The zero-order valence-electron chi connectivity index (χ0n) is 13.3. The van der Waals surface area contributed by atoms with Gasteiger partial charge >= 0.3 is 0 Å². The highest BCUT2D eigenvalue weighted by Crippen LogP contribution is 2.28. The van der Waals surface area contributed by atoms with Crippen LogP contribution in [-0.4, -0.2) is 10.9 Å². The van der Waals surface area contributed by atoms with Crippen molar-refractivity contribution in [3.05, 3.63) is 39.7 Å². The van der Waals surface area contributed by atoms with Crippen LogP contribution in [-0.2, 0) is 4.79 Å². The molecule has 0 atom stereocenters. The van der Waals surface area contributed by atoms with Gasteiger partial charge in [-0.1, -0.05) is 20.8 Å². The first-order valence-electron chi connectivity index (χ1n) is 7.10. The predicted octanol–water partition coefficient (Wildman–Crippen LogP) is 3.52. The quantitative estimate of drug-likeness (QED) is 0.887. The van der Waals surface area contributed by atoms with Crippen LogP contribution < -0.4 is 10.9 Å². The Bertz CT molecular complexity index is 752. The van der Waals surface area contributed by atoms with E-state index in [1.807, 2.05) is 40.7 Å². The molecule has 1 aromatic heterocycles. The highest BCUT2D eigenvalue weighted by Gasteiger charge is 2.18. The molecule has 0 aliphatic carbocycles. The Morgan fingerprint density at radius 2 is 1.90 bits per heavy atom. The molecule has 2 rings (SSSR count). The number of pyridine rings is 1. The van der Waals surface area contributed by atoms with Crippen LogP contribution in [0.15, 0.2) is 23.0 Å². The van der Waals surface area contributed by atoms with Crippen molar-refractivity contribution < 1.29 is 4.79 Å². The summed E-state index contributed by atoms with van der Waals surface area (Å²) in [6.07, 6.45) is 0.454. The number of aromatic amines is 1. The van der Waals surface area contributed by atoms with Crippen molar-refractivity contribution in [2.24, 2.45) is 5.41 Å². The van der Waals surface area contributed by atoms with Crippen LogP contribution in [0.25, 0.3) is 10.9 Å². The first-order valence-corrected chi connectivity index (χ1v) is 7.10. The van der Waals surface area contributed by atoms with Gasteiger partial charge in [-0.15, -0.1) is 0 Å². The van der Waals surface area contributed by atoms with E-state index in [9.17, 15) is 9.59 Å². The van der Waals surface area contributed by atoms with E-state index in [2.05, 4.69) is 10.3 Å². The number of rotatable bonds is 2. The number of nitrogens with one attached hydrogen (secondary N) is 2. The van der Waals surface area contributed by atoms with Crippen LogP contribution in [0.1, 0.15) is 38.3 Å². The molecule has 0 aliphatic heterocycles. The number of H-pyrrole nitrogens is 1. The maximum Gasteiger partial charge on any atom is 0.248 e. The minimum atomic E-state index is -0.138. The molecule has 0 radical (unpaired) electrons. The second-order valence-electron chi connectivity index (χ2n) is 6.77. The monoisotopic (exact) mass is 286 g/mol.